The minimum Gasteiger partial charge on any atom is -0.241 e. The second-order valence-corrected chi connectivity index (χ2v) is 7.57. The average molecular weight is 372 g/mol. The summed E-state index contributed by atoms with van der Waals surface area (Å²) in [7, 11) is 0. The Balaban J connectivity index is 0.000000791. The number of nitrogens with zero attached hydrogens (tertiary/aromatic N) is 1. The summed E-state index contributed by atoms with van der Waals surface area (Å²) in [4.78, 5) is 4.94. The molecule has 0 radical (unpaired) electrons. The fourth-order valence-electron chi connectivity index (χ4n) is 2.95. The summed E-state index contributed by atoms with van der Waals surface area (Å²) in [5, 5.41) is 3.52. The molecule has 0 saturated heterocycles. The Hall–Kier alpha value is -1.41. The lowest BCUT2D eigenvalue weighted by atomic mass is 9.93. The second kappa shape index (κ2) is 12.1. The van der Waals surface area contributed by atoms with Crippen molar-refractivity contribution in [3.8, 4) is 0 Å². The highest BCUT2D eigenvalue weighted by Crippen LogP contribution is 2.34. The van der Waals surface area contributed by atoms with Crippen LogP contribution in [0.5, 0.6) is 0 Å². The molecule has 2 unspecified atom stereocenters. The number of thiazole rings is 1. The van der Waals surface area contributed by atoms with E-state index in [2.05, 4.69) is 62.6 Å². The summed E-state index contributed by atoms with van der Waals surface area (Å²) in [5.74, 6) is 1.72. The third-order valence-electron chi connectivity index (χ3n) is 4.79. The van der Waals surface area contributed by atoms with Crippen LogP contribution >= 0.6 is 11.3 Å². The van der Waals surface area contributed by atoms with E-state index in [0.29, 0.717) is 17.8 Å². The van der Waals surface area contributed by atoms with E-state index in [4.69, 9.17) is 4.98 Å². The lowest BCUT2D eigenvalue weighted by Gasteiger charge is -2.12. The van der Waals surface area contributed by atoms with Crippen molar-refractivity contribution < 1.29 is 0 Å². The van der Waals surface area contributed by atoms with Gasteiger partial charge in [-0.3, -0.25) is 0 Å². The van der Waals surface area contributed by atoms with Gasteiger partial charge in [0.2, 0.25) is 0 Å². The van der Waals surface area contributed by atoms with Crippen molar-refractivity contribution in [2.24, 2.45) is 11.8 Å². The Labute approximate surface area is 165 Å². The van der Waals surface area contributed by atoms with Crippen molar-refractivity contribution in [3.63, 3.8) is 0 Å². The Kier molecular flexibility index (Phi) is 10.5. The molecule has 2 aliphatic rings. The summed E-state index contributed by atoms with van der Waals surface area (Å²) in [6.07, 6.45) is 17.1. The van der Waals surface area contributed by atoms with Crippen LogP contribution in [0, 0.1) is 11.8 Å². The van der Waals surface area contributed by atoms with Gasteiger partial charge in [-0.1, -0.05) is 84.9 Å². The number of allylic oxidation sites excluding steroid dienone is 8. The number of aromatic nitrogens is 1. The Morgan fingerprint density at radius 1 is 1.08 bits per heavy atom. The van der Waals surface area contributed by atoms with E-state index in [0.717, 1.165) is 12.8 Å². The average Bonchev–Trinajstić information content (AvgIpc) is 2.94. The van der Waals surface area contributed by atoms with Gasteiger partial charge in [0.15, 0.2) is 0 Å². The van der Waals surface area contributed by atoms with Gasteiger partial charge in [0.25, 0.3) is 0 Å². The molecule has 0 spiro atoms. The largest absolute Gasteiger partial charge is 0.241 e. The number of fused-ring (bicyclic) bond motifs is 1. The first kappa shape index (κ1) is 22.6. The summed E-state index contributed by atoms with van der Waals surface area (Å²) in [6, 6.07) is 0. The van der Waals surface area contributed by atoms with Gasteiger partial charge in [-0.05, 0) is 36.3 Å². The van der Waals surface area contributed by atoms with Crippen molar-refractivity contribution >= 4 is 16.9 Å². The summed E-state index contributed by atoms with van der Waals surface area (Å²) < 4.78 is 0. The van der Waals surface area contributed by atoms with Crippen LogP contribution in [0.2, 0.25) is 0 Å². The molecule has 0 N–H and O–H groups in total. The van der Waals surface area contributed by atoms with E-state index in [1.807, 2.05) is 39.0 Å². The van der Waals surface area contributed by atoms with Crippen LogP contribution in [0.15, 0.2) is 47.4 Å². The van der Waals surface area contributed by atoms with Crippen molar-refractivity contribution in [2.45, 2.75) is 73.6 Å². The number of hydrogen-bond donors (Lipinski definition) is 0. The van der Waals surface area contributed by atoms with E-state index in [1.54, 1.807) is 0 Å². The van der Waals surface area contributed by atoms with E-state index in [-0.39, 0.29) is 0 Å². The molecule has 2 atom stereocenters. The predicted octanol–water partition coefficient (Wildman–Crippen LogP) is 8.19. The zero-order valence-electron chi connectivity index (χ0n) is 17.8. The predicted molar refractivity (Wildman–Crippen MR) is 120 cm³/mol. The van der Waals surface area contributed by atoms with E-state index in [1.165, 1.54) is 28.3 Å². The highest BCUT2D eigenvalue weighted by atomic mass is 32.1. The molecule has 0 bridgehead atoms. The maximum atomic E-state index is 4.94. The quantitative estimate of drug-likeness (QED) is 0.522. The summed E-state index contributed by atoms with van der Waals surface area (Å²) >= 11 is 1.82. The maximum absolute atomic E-state index is 4.94. The molecular weight excluding hydrogens is 334 g/mol. The fraction of sp³-hybridized carbons (Fsp3) is 0.542. The molecular formula is C24H37NS. The van der Waals surface area contributed by atoms with E-state index >= 15 is 0 Å². The highest BCUT2D eigenvalue weighted by molar-refractivity contribution is 7.09. The molecule has 0 fully saturated rings. The molecule has 0 amide bonds. The highest BCUT2D eigenvalue weighted by Gasteiger charge is 2.18. The molecule has 26 heavy (non-hydrogen) atoms. The van der Waals surface area contributed by atoms with Crippen LogP contribution in [-0.4, -0.2) is 4.98 Å². The molecule has 0 saturated carbocycles. The molecule has 144 valence electrons. The van der Waals surface area contributed by atoms with Gasteiger partial charge in [0.05, 0.1) is 10.7 Å². The third kappa shape index (κ3) is 6.09. The van der Waals surface area contributed by atoms with Crippen LogP contribution in [-0.2, 0) is 0 Å². The monoisotopic (exact) mass is 371 g/mol. The van der Waals surface area contributed by atoms with Gasteiger partial charge in [0, 0.05) is 17.2 Å². The van der Waals surface area contributed by atoms with E-state index < -0.39 is 0 Å². The van der Waals surface area contributed by atoms with Crippen LogP contribution < -0.4 is 0 Å². The summed E-state index contributed by atoms with van der Waals surface area (Å²) in [5.41, 5.74) is 4.02. The van der Waals surface area contributed by atoms with Gasteiger partial charge in [-0.25, -0.2) is 4.98 Å². The van der Waals surface area contributed by atoms with Gasteiger partial charge in [-0.2, -0.15) is 0 Å². The zero-order valence-corrected chi connectivity index (χ0v) is 18.6. The molecule has 2 aliphatic carbocycles. The molecule has 0 aliphatic heterocycles. The van der Waals surface area contributed by atoms with Crippen LogP contribution in [0.25, 0.3) is 5.57 Å². The van der Waals surface area contributed by atoms with Gasteiger partial charge < -0.3 is 0 Å². The number of hydrogen-bond acceptors (Lipinski definition) is 2. The van der Waals surface area contributed by atoms with E-state index in [9.17, 15) is 0 Å². The van der Waals surface area contributed by atoms with Crippen LogP contribution in [0.1, 0.15) is 84.3 Å². The smallest absolute Gasteiger partial charge is 0.0963 e. The lowest BCUT2D eigenvalue weighted by molar-refractivity contribution is 0.532. The van der Waals surface area contributed by atoms with Crippen molar-refractivity contribution in [1.29, 1.82) is 0 Å². The molecule has 2 heteroatoms. The SMILES string of the molecule is CC.CC.CC(C)C(C)c1nc(C2=CC3CCC=CC=C3C=CC2)cs1. The minimum atomic E-state index is 0.538. The molecule has 3 rings (SSSR count). The third-order valence-corrected chi connectivity index (χ3v) is 5.83. The maximum Gasteiger partial charge on any atom is 0.0963 e. The topological polar surface area (TPSA) is 12.9 Å². The first-order chi connectivity index (χ1) is 12.6. The molecule has 1 aromatic rings. The first-order valence-electron chi connectivity index (χ1n) is 10.3. The molecule has 1 heterocycles. The zero-order chi connectivity index (χ0) is 19.5. The molecule has 0 aromatic carbocycles. The minimum absolute atomic E-state index is 0.538. The van der Waals surface area contributed by atoms with Crippen molar-refractivity contribution in [3.05, 3.63) is 58.1 Å². The fourth-order valence-corrected chi connectivity index (χ4v) is 4.03. The van der Waals surface area contributed by atoms with Gasteiger partial charge >= 0.3 is 0 Å². The van der Waals surface area contributed by atoms with Crippen molar-refractivity contribution in [1.82, 2.24) is 4.98 Å². The standard InChI is InChI=1S/C20H25NS.2C2H6/c1-14(2)15(3)20-21-19(13-22-20)18-11-7-10-16-8-5-4-6-9-17(16)12-18;2*1-2/h4-5,7-8,10,12-15,17H,6,9,11H2,1-3H3;2*1-2H3. The lowest BCUT2D eigenvalue weighted by Crippen LogP contribution is -2.02. The molecule has 1 nitrogen and oxygen atoms in total. The van der Waals surface area contributed by atoms with Crippen LogP contribution in [0.4, 0.5) is 0 Å². The number of rotatable bonds is 3. The second-order valence-electron chi connectivity index (χ2n) is 6.68. The van der Waals surface area contributed by atoms with Crippen LogP contribution in [0.3, 0.4) is 0 Å². The van der Waals surface area contributed by atoms with Gasteiger partial charge in [0.1, 0.15) is 0 Å². The first-order valence-corrected chi connectivity index (χ1v) is 11.2. The summed E-state index contributed by atoms with van der Waals surface area (Å²) in [6.45, 7) is 14.8. The normalized spacial score (nSPS) is 19.6. The van der Waals surface area contributed by atoms with Crippen molar-refractivity contribution in [2.75, 3.05) is 0 Å². The Morgan fingerprint density at radius 3 is 2.50 bits per heavy atom. The van der Waals surface area contributed by atoms with Gasteiger partial charge in [-0.15, -0.1) is 11.3 Å². The molecule has 1 aromatic heterocycles. The Morgan fingerprint density at radius 2 is 1.81 bits per heavy atom. The Bertz CT molecular complexity index is 643.